The molecule has 0 spiro atoms. The Morgan fingerprint density at radius 2 is 1.75 bits per heavy atom. The molecule has 0 rings (SSSR count). The van der Waals surface area contributed by atoms with E-state index in [1.807, 2.05) is 6.92 Å². The van der Waals surface area contributed by atoms with Crippen molar-refractivity contribution in [3.63, 3.8) is 0 Å². The second kappa shape index (κ2) is 4.56. The number of alkyl halides is 4. The van der Waals surface area contributed by atoms with Gasteiger partial charge in [-0.05, 0) is 13.3 Å². The van der Waals surface area contributed by atoms with Gasteiger partial charge in [0.25, 0.3) is 0 Å². The van der Waals surface area contributed by atoms with Crippen LogP contribution in [0.1, 0.15) is 26.7 Å². The molecule has 0 amide bonds. The number of rotatable bonds is 3. The van der Waals surface area contributed by atoms with Crippen LogP contribution in [0.15, 0.2) is 0 Å². The van der Waals surface area contributed by atoms with E-state index in [1.165, 1.54) is 0 Å². The Kier molecular flexibility index (Phi) is 4.99. The molecule has 0 saturated carbocycles. The lowest BCUT2D eigenvalue weighted by molar-refractivity contribution is 0.0493. The average molecular weight is 254 g/mol. The lowest BCUT2D eigenvalue weighted by Crippen LogP contribution is -2.37. The van der Waals surface area contributed by atoms with E-state index < -0.39 is 14.8 Å². The average Bonchev–Trinajstić information content (AvgIpc) is 1.84. The molecule has 2 unspecified atom stereocenters. The second-order valence-corrected chi connectivity index (χ2v) is 6.04. The smallest absolute Gasteiger partial charge is 0.192 e. The third-order valence-corrected chi connectivity index (χ3v) is 2.89. The Balaban J connectivity index is 4.13. The molecule has 0 aliphatic heterocycles. The minimum atomic E-state index is -1.40. The highest BCUT2D eigenvalue weighted by Crippen LogP contribution is 2.36. The molecule has 1 nitrogen and oxygen atoms in total. The van der Waals surface area contributed by atoms with Gasteiger partial charge in [-0.2, -0.15) is 0 Å². The Morgan fingerprint density at radius 1 is 1.33 bits per heavy atom. The van der Waals surface area contributed by atoms with Gasteiger partial charge in [0, 0.05) is 6.42 Å². The maximum Gasteiger partial charge on any atom is 0.192 e. The summed E-state index contributed by atoms with van der Waals surface area (Å²) < 4.78 is -1.40. The van der Waals surface area contributed by atoms with Crippen LogP contribution in [0, 0.1) is 0 Å². The first-order chi connectivity index (χ1) is 5.19. The standard InChI is InChI=1S/C7H12Cl4O/c1-3-6(2,12)5(8)4-7(9,10)11/h5,12H,3-4H2,1-2H3. The first-order valence-corrected chi connectivity index (χ1v) is 5.19. The van der Waals surface area contributed by atoms with Gasteiger partial charge in [0.2, 0.25) is 0 Å². The van der Waals surface area contributed by atoms with Gasteiger partial charge >= 0.3 is 0 Å². The van der Waals surface area contributed by atoms with Gasteiger partial charge in [0.15, 0.2) is 3.79 Å². The van der Waals surface area contributed by atoms with Crippen molar-refractivity contribution in [1.29, 1.82) is 0 Å². The fourth-order valence-corrected chi connectivity index (χ4v) is 1.73. The van der Waals surface area contributed by atoms with Gasteiger partial charge in [-0.15, -0.1) is 11.6 Å². The largest absolute Gasteiger partial charge is 0.389 e. The van der Waals surface area contributed by atoms with Crippen LogP contribution in [0.2, 0.25) is 0 Å². The first kappa shape index (κ1) is 13.1. The Bertz CT molecular complexity index is 141. The predicted octanol–water partition coefficient (Wildman–Crippen LogP) is 3.52. The van der Waals surface area contributed by atoms with Crippen molar-refractivity contribution in [2.45, 2.75) is 41.5 Å². The van der Waals surface area contributed by atoms with Crippen LogP contribution in [0.4, 0.5) is 0 Å². The molecule has 0 heterocycles. The fourth-order valence-electron chi connectivity index (χ4n) is 0.645. The lowest BCUT2D eigenvalue weighted by Gasteiger charge is -2.29. The topological polar surface area (TPSA) is 20.2 Å². The van der Waals surface area contributed by atoms with Gasteiger partial charge < -0.3 is 5.11 Å². The monoisotopic (exact) mass is 252 g/mol. The van der Waals surface area contributed by atoms with Gasteiger partial charge in [0.05, 0.1) is 11.0 Å². The predicted molar refractivity (Wildman–Crippen MR) is 55.5 cm³/mol. The summed E-state index contributed by atoms with van der Waals surface area (Å²) in [5.41, 5.74) is -0.981. The van der Waals surface area contributed by atoms with Gasteiger partial charge in [-0.1, -0.05) is 41.7 Å². The Labute approximate surface area is 92.9 Å². The minimum Gasteiger partial charge on any atom is -0.389 e. The number of hydrogen-bond donors (Lipinski definition) is 1. The number of aliphatic hydroxyl groups is 1. The molecule has 0 bridgehead atoms. The van der Waals surface area contributed by atoms with Crippen molar-refractivity contribution >= 4 is 46.4 Å². The normalized spacial score (nSPS) is 20.2. The molecule has 5 heteroatoms. The molecule has 0 aromatic carbocycles. The van der Waals surface area contributed by atoms with Crippen molar-refractivity contribution in [1.82, 2.24) is 0 Å². The molecular weight excluding hydrogens is 242 g/mol. The molecule has 0 radical (unpaired) electrons. The van der Waals surface area contributed by atoms with Crippen LogP contribution in [-0.2, 0) is 0 Å². The molecule has 0 aliphatic rings. The van der Waals surface area contributed by atoms with Crippen molar-refractivity contribution in [2.24, 2.45) is 0 Å². The summed E-state index contributed by atoms with van der Waals surface area (Å²) in [4.78, 5) is 0. The quantitative estimate of drug-likeness (QED) is 0.764. The van der Waals surface area contributed by atoms with E-state index in [2.05, 4.69) is 0 Å². The molecular formula is C7H12Cl4O. The van der Waals surface area contributed by atoms with Crippen LogP contribution in [0.5, 0.6) is 0 Å². The van der Waals surface area contributed by atoms with E-state index in [1.54, 1.807) is 6.92 Å². The summed E-state index contributed by atoms with van der Waals surface area (Å²) >= 11 is 22.4. The minimum absolute atomic E-state index is 0.139. The zero-order chi connectivity index (χ0) is 9.99. The summed E-state index contributed by atoms with van der Waals surface area (Å²) in [6.45, 7) is 3.45. The highest BCUT2D eigenvalue weighted by molar-refractivity contribution is 6.67. The Hall–Kier alpha value is 1.12. The van der Waals surface area contributed by atoms with Crippen molar-refractivity contribution in [3.05, 3.63) is 0 Å². The molecule has 0 aromatic heterocycles. The zero-order valence-corrected chi connectivity index (χ0v) is 9.97. The first-order valence-electron chi connectivity index (χ1n) is 3.62. The number of halogens is 4. The molecule has 0 aromatic rings. The molecule has 2 atom stereocenters. The maximum absolute atomic E-state index is 9.65. The van der Waals surface area contributed by atoms with E-state index in [4.69, 9.17) is 46.4 Å². The van der Waals surface area contributed by atoms with Crippen molar-refractivity contribution < 1.29 is 5.11 Å². The molecule has 1 N–H and O–H groups in total. The summed E-state index contributed by atoms with van der Waals surface area (Å²) in [7, 11) is 0. The van der Waals surface area contributed by atoms with E-state index >= 15 is 0 Å². The highest BCUT2D eigenvalue weighted by Gasteiger charge is 2.34. The maximum atomic E-state index is 9.65. The summed E-state index contributed by atoms with van der Waals surface area (Å²) in [6.07, 6.45) is 0.669. The molecule has 0 saturated heterocycles. The molecule has 0 fully saturated rings. The van der Waals surface area contributed by atoms with Crippen LogP contribution < -0.4 is 0 Å². The van der Waals surface area contributed by atoms with E-state index in [0.29, 0.717) is 6.42 Å². The molecule has 74 valence electrons. The second-order valence-electron chi connectivity index (χ2n) is 3.00. The van der Waals surface area contributed by atoms with Crippen molar-refractivity contribution in [2.75, 3.05) is 0 Å². The molecule has 12 heavy (non-hydrogen) atoms. The summed E-state index contributed by atoms with van der Waals surface area (Å²) in [5.74, 6) is 0. The van der Waals surface area contributed by atoms with Crippen LogP contribution in [0.3, 0.4) is 0 Å². The van der Waals surface area contributed by atoms with E-state index in [9.17, 15) is 5.11 Å². The van der Waals surface area contributed by atoms with E-state index in [-0.39, 0.29) is 6.42 Å². The molecule has 0 aliphatic carbocycles. The zero-order valence-electron chi connectivity index (χ0n) is 6.95. The SMILES string of the molecule is CCC(C)(O)C(Cl)CC(Cl)(Cl)Cl. The van der Waals surface area contributed by atoms with E-state index in [0.717, 1.165) is 0 Å². The summed E-state index contributed by atoms with van der Waals surface area (Å²) in [5, 5.41) is 9.10. The Morgan fingerprint density at radius 3 is 2.00 bits per heavy atom. The lowest BCUT2D eigenvalue weighted by atomic mass is 9.97. The van der Waals surface area contributed by atoms with Crippen LogP contribution in [-0.4, -0.2) is 19.9 Å². The van der Waals surface area contributed by atoms with Crippen molar-refractivity contribution in [3.8, 4) is 0 Å². The fraction of sp³-hybridized carbons (Fsp3) is 1.00. The van der Waals surface area contributed by atoms with Gasteiger partial charge in [-0.25, -0.2) is 0 Å². The third kappa shape index (κ3) is 4.98. The van der Waals surface area contributed by atoms with Gasteiger partial charge in [0.1, 0.15) is 0 Å². The van der Waals surface area contributed by atoms with Crippen LogP contribution >= 0.6 is 46.4 Å². The summed E-state index contributed by atoms with van der Waals surface area (Å²) in [6, 6.07) is 0. The highest BCUT2D eigenvalue weighted by atomic mass is 35.6. The van der Waals surface area contributed by atoms with Crippen LogP contribution in [0.25, 0.3) is 0 Å². The third-order valence-electron chi connectivity index (χ3n) is 1.80. The number of hydrogen-bond acceptors (Lipinski definition) is 1. The van der Waals surface area contributed by atoms with Gasteiger partial charge in [-0.3, -0.25) is 0 Å².